The van der Waals surface area contributed by atoms with Gasteiger partial charge in [0, 0.05) is 29.8 Å². The number of urea groups is 1. The Morgan fingerprint density at radius 2 is 2.15 bits per heavy atom. The van der Waals surface area contributed by atoms with Crippen molar-refractivity contribution < 1.29 is 9.90 Å². The van der Waals surface area contributed by atoms with Crippen LogP contribution in [0.3, 0.4) is 0 Å². The molecule has 1 atom stereocenters. The molecular weight excluding hydrogens is 278 g/mol. The third kappa shape index (κ3) is 1.78. The Bertz CT molecular complexity index is 689. The van der Waals surface area contributed by atoms with Crippen molar-refractivity contribution in [3.8, 4) is 5.75 Å². The number of nitrogens with zero attached hydrogens (tertiary/aromatic N) is 1. The number of anilines is 1. The summed E-state index contributed by atoms with van der Waals surface area (Å²) in [6, 6.07) is 8.73. The summed E-state index contributed by atoms with van der Waals surface area (Å²) in [6.45, 7) is 0.454. The number of hydrazine groups is 1. The van der Waals surface area contributed by atoms with E-state index >= 15 is 0 Å². The van der Waals surface area contributed by atoms with Crippen LogP contribution >= 0.6 is 11.6 Å². The van der Waals surface area contributed by atoms with Crippen LogP contribution in [0.2, 0.25) is 0 Å². The summed E-state index contributed by atoms with van der Waals surface area (Å²) in [5.41, 5.74) is 3.77. The Kier molecular flexibility index (Phi) is 3.16. The van der Waals surface area contributed by atoms with Crippen molar-refractivity contribution in [2.45, 2.75) is 5.92 Å². The highest BCUT2D eigenvalue weighted by Gasteiger charge is 2.34. The van der Waals surface area contributed by atoms with E-state index in [0.717, 1.165) is 16.3 Å². The Hall–Kier alpha value is -1.98. The first-order chi connectivity index (χ1) is 9.67. The van der Waals surface area contributed by atoms with E-state index in [1.165, 1.54) is 4.90 Å². The molecule has 1 heterocycles. The number of carbonyl (C=O) groups excluding carboxylic acids is 1. The Morgan fingerprint density at radius 3 is 2.80 bits per heavy atom. The number of phenols is 1. The summed E-state index contributed by atoms with van der Waals surface area (Å²) in [7, 11) is 0. The topological polar surface area (TPSA) is 78.6 Å². The van der Waals surface area contributed by atoms with E-state index in [2.05, 4.69) is 5.43 Å². The molecule has 2 aromatic rings. The van der Waals surface area contributed by atoms with Gasteiger partial charge in [-0.05, 0) is 10.9 Å². The van der Waals surface area contributed by atoms with E-state index in [9.17, 15) is 9.90 Å². The van der Waals surface area contributed by atoms with Gasteiger partial charge in [-0.25, -0.2) is 10.6 Å². The van der Waals surface area contributed by atoms with Crippen LogP contribution in [-0.4, -0.2) is 23.6 Å². The fraction of sp³-hybridized carbons (Fsp3) is 0.214. The molecule has 1 unspecified atom stereocenters. The lowest BCUT2D eigenvalue weighted by molar-refractivity contribution is 0.247. The van der Waals surface area contributed by atoms with Gasteiger partial charge in [0.1, 0.15) is 5.75 Å². The second-order valence-electron chi connectivity index (χ2n) is 4.79. The monoisotopic (exact) mass is 291 g/mol. The van der Waals surface area contributed by atoms with E-state index < -0.39 is 6.03 Å². The van der Waals surface area contributed by atoms with E-state index in [1.54, 1.807) is 6.07 Å². The highest BCUT2D eigenvalue weighted by molar-refractivity contribution is 6.19. The zero-order chi connectivity index (χ0) is 14.3. The molecule has 1 aliphatic heterocycles. The molecule has 0 saturated heterocycles. The minimum Gasteiger partial charge on any atom is -0.507 e. The van der Waals surface area contributed by atoms with Gasteiger partial charge in [0.15, 0.2) is 0 Å². The number of halogens is 1. The molecule has 0 aromatic heterocycles. The third-order valence-corrected chi connectivity index (χ3v) is 4.07. The third-order valence-electron chi connectivity index (χ3n) is 3.70. The molecule has 104 valence electrons. The molecule has 0 fully saturated rings. The van der Waals surface area contributed by atoms with Gasteiger partial charge in [0.2, 0.25) is 0 Å². The van der Waals surface area contributed by atoms with Crippen molar-refractivity contribution in [3.05, 3.63) is 35.9 Å². The predicted molar refractivity (Wildman–Crippen MR) is 79.1 cm³/mol. The lowest BCUT2D eigenvalue weighted by atomic mass is 9.95. The molecule has 0 radical (unpaired) electrons. The maximum Gasteiger partial charge on any atom is 0.336 e. The van der Waals surface area contributed by atoms with Crippen LogP contribution in [-0.2, 0) is 0 Å². The highest BCUT2D eigenvalue weighted by Crippen LogP contribution is 2.44. The number of benzene rings is 2. The largest absolute Gasteiger partial charge is 0.507 e. The van der Waals surface area contributed by atoms with Crippen LogP contribution in [0.15, 0.2) is 30.3 Å². The first-order valence-electron chi connectivity index (χ1n) is 6.26. The standard InChI is InChI=1S/C14H14ClN3O2/c15-6-8-7-18(14(20)17-16)11-5-12(19)9-3-1-2-4-10(9)13(8)11/h1-5,8,19H,6-7,16H2,(H,17,20). The number of nitrogens with one attached hydrogen (secondary N) is 1. The first kappa shape index (κ1) is 13.0. The van der Waals surface area contributed by atoms with Crippen molar-refractivity contribution in [3.63, 3.8) is 0 Å². The first-order valence-corrected chi connectivity index (χ1v) is 6.79. The summed E-state index contributed by atoms with van der Waals surface area (Å²) < 4.78 is 0. The summed E-state index contributed by atoms with van der Waals surface area (Å²) in [5.74, 6) is 5.77. The minimum absolute atomic E-state index is 0.0227. The van der Waals surface area contributed by atoms with E-state index in [4.69, 9.17) is 17.4 Å². The quantitative estimate of drug-likeness (QED) is 0.326. The number of nitrogens with two attached hydrogens (primary N) is 1. The number of rotatable bonds is 1. The van der Waals surface area contributed by atoms with Gasteiger partial charge in [-0.2, -0.15) is 0 Å². The van der Waals surface area contributed by atoms with Crippen LogP contribution in [0.5, 0.6) is 5.75 Å². The lowest BCUT2D eigenvalue weighted by Crippen LogP contribution is -2.43. The SMILES string of the molecule is NNC(=O)N1CC(CCl)c2c1cc(O)c1ccccc21. The second kappa shape index (κ2) is 4.85. The van der Waals surface area contributed by atoms with Gasteiger partial charge in [-0.1, -0.05) is 24.3 Å². The molecule has 3 rings (SSSR count). The van der Waals surface area contributed by atoms with Crippen molar-refractivity contribution in [1.82, 2.24) is 5.43 Å². The zero-order valence-corrected chi connectivity index (χ0v) is 11.4. The fourth-order valence-electron chi connectivity index (χ4n) is 2.82. The van der Waals surface area contributed by atoms with E-state index in [0.29, 0.717) is 18.1 Å². The molecule has 20 heavy (non-hydrogen) atoms. The normalized spacial score (nSPS) is 17.3. The zero-order valence-electron chi connectivity index (χ0n) is 10.6. The van der Waals surface area contributed by atoms with Crippen molar-refractivity contribution in [2.24, 2.45) is 5.84 Å². The van der Waals surface area contributed by atoms with Gasteiger partial charge in [-0.3, -0.25) is 10.3 Å². The Labute approximate surface area is 120 Å². The van der Waals surface area contributed by atoms with Gasteiger partial charge in [-0.15, -0.1) is 11.6 Å². The number of hydrogen-bond donors (Lipinski definition) is 3. The Balaban J connectivity index is 2.28. The number of carbonyl (C=O) groups is 1. The van der Waals surface area contributed by atoms with Gasteiger partial charge < -0.3 is 5.11 Å². The predicted octanol–water partition coefficient (Wildman–Crippen LogP) is 2.27. The minimum atomic E-state index is -0.409. The number of hydrogen-bond acceptors (Lipinski definition) is 3. The molecule has 0 saturated carbocycles. The number of fused-ring (bicyclic) bond motifs is 3. The van der Waals surface area contributed by atoms with Crippen LogP contribution < -0.4 is 16.2 Å². The average Bonchev–Trinajstić information content (AvgIpc) is 2.85. The number of alkyl halides is 1. The lowest BCUT2D eigenvalue weighted by Gasteiger charge is -2.17. The molecule has 2 amide bonds. The van der Waals surface area contributed by atoms with Crippen LogP contribution in [0.1, 0.15) is 11.5 Å². The number of aromatic hydroxyl groups is 1. The molecule has 2 aromatic carbocycles. The maximum absolute atomic E-state index is 11.9. The molecule has 0 spiro atoms. The summed E-state index contributed by atoms with van der Waals surface area (Å²) in [4.78, 5) is 13.4. The Morgan fingerprint density at radius 1 is 1.45 bits per heavy atom. The van der Waals surface area contributed by atoms with Crippen molar-refractivity contribution in [2.75, 3.05) is 17.3 Å². The molecule has 5 nitrogen and oxygen atoms in total. The average molecular weight is 292 g/mol. The second-order valence-corrected chi connectivity index (χ2v) is 5.09. The number of amides is 2. The molecule has 1 aliphatic rings. The summed E-state index contributed by atoms with van der Waals surface area (Å²) in [6.07, 6.45) is 0. The van der Waals surface area contributed by atoms with Crippen LogP contribution in [0.4, 0.5) is 10.5 Å². The van der Waals surface area contributed by atoms with Crippen LogP contribution in [0, 0.1) is 0 Å². The number of phenolic OH excluding ortho intramolecular Hbond substituents is 1. The van der Waals surface area contributed by atoms with E-state index in [-0.39, 0.29) is 11.7 Å². The van der Waals surface area contributed by atoms with Gasteiger partial charge >= 0.3 is 6.03 Å². The van der Waals surface area contributed by atoms with Crippen molar-refractivity contribution >= 4 is 34.1 Å². The molecular formula is C14H14ClN3O2. The van der Waals surface area contributed by atoms with Crippen molar-refractivity contribution in [1.29, 1.82) is 0 Å². The smallest absolute Gasteiger partial charge is 0.336 e. The summed E-state index contributed by atoms with van der Waals surface area (Å²) >= 11 is 6.04. The van der Waals surface area contributed by atoms with Gasteiger partial charge in [0.25, 0.3) is 0 Å². The molecule has 0 bridgehead atoms. The maximum atomic E-state index is 11.9. The van der Waals surface area contributed by atoms with E-state index in [1.807, 2.05) is 24.3 Å². The molecule has 6 heteroatoms. The highest BCUT2D eigenvalue weighted by atomic mass is 35.5. The summed E-state index contributed by atoms with van der Waals surface area (Å²) in [5, 5.41) is 11.8. The van der Waals surface area contributed by atoms with Crippen LogP contribution in [0.25, 0.3) is 10.8 Å². The van der Waals surface area contributed by atoms with Gasteiger partial charge in [0.05, 0.1) is 5.69 Å². The molecule has 4 N–H and O–H groups in total. The molecule has 0 aliphatic carbocycles. The fourth-order valence-corrected chi connectivity index (χ4v) is 3.07.